The molecule has 0 saturated carbocycles. The Balaban J connectivity index is 1.60. The van der Waals surface area contributed by atoms with E-state index in [9.17, 15) is 9.59 Å². The topological polar surface area (TPSA) is 61.4 Å². The third kappa shape index (κ3) is 3.24. The van der Waals surface area contributed by atoms with Crippen molar-refractivity contribution in [2.45, 2.75) is 31.7 Å². The molecule has 0 radical (unpaired) electrons. The molecule has 0 bridgehead atoms. The van der Waals surface area contributed by atoms with Crippen molar-refractivity contribution < 1.29 is 9.59 Å². The highest BCUT2D eigenvalue weighted by Crippen LogP contribution is 2.16. The van der Waals surface area contributed by atoms with E-state index in [-0.39, 0.29) is 17.9 Å². The number of hydrogen-bond donors (Lipinski definition) is 2. The van der Waals surface area contributed by atoms with Gasteiger partial charge in [0.15, 0.2) is 0 Å². The Morgan fingerprint density at radius 2 is 1.81 bits per heavy atom. The van der Waals surface area contributed by atoms with Gasteiger partial charge >= 0.3 is 0 Å². The lowest BCUT2D eigenvalue weighted by atomic mass is 10.1. The molecule has 112 valence electrons. The fraction of sp³-hybridized carbons (Fsp3) is 0.500. The van der Waals surface area contributed by atoms with E-state index in [0.717, 1.165) is 51.0 Å². The van der Waals surface area contributed by atoms with E-state index < -0.39 is 0 Å². The smallest absolute Gasteiger partial charge is 0.253 e. The van der Waals surface area contributed by atoms with Gasteiger partial charge in [0.05, 0.1) is 6.04 Å². The number of rotatable bonds is 3. The van der Waals surface area contributed by atoms with Crippen LogP contribution >= 0.6 is 0 Å². The maximum absolute atomic E-state index is 12.2. The van der Waals surface area contributed by atoms with Gasteiger partial charge in [0.2, 0.25) is 5.91 Å². The van der Waals surface area contributed by atoms with Gasteiger partial charge in [-0.1, -0.05) is 0 Å². The molecule has 3 rings (SSSR count). The molecule has 5 nitrogen and oxygen atoms in total. The first-order valence-corrected chi connectivity index (χ1v) is 7.67. The molecule has 2 aliphatic rings. The molecular formula is C16H21N3O2. The second-order valence-electron chi connectivity index (χ2n) is 5.71. The van der Waals surface area contributed by atoms with Crippen molar-refractivity contribution in [3.05, 3.63) is 29.8 Å². The summed E-state index contributed by atoms with van der Waals surface area (Å²) in [6, 6.07) is 7.10. The van der Waals surface area contributed by atoms with Crippen LogP contribution in [0.4, 0.5) is 5.69 Å². The number of likely N-dealkylation sites (tertiary alicyclic amines) is 1. The second-order valence-corrected chi connectivity index (χ2v) is 5.71. The number of nitrogens with zero attached hydrogens (tertiary/aromatic N) is 1. The van der Waals surface area contributed by atoms with E-state index in [2.05, 4.69) is 10.6 Å². The van der Waals surface area contributed by atoms with Crippen LogP contribution < -0.4 is 10.6 Å². The molecule has 5 heteroatoms. The Labute approximate surface area is 124 Å². The van der Waals surface area contributed by atoms with Crippen molar-refractivity contribution in [3.63, 3.8) is 0 Å². The van der Waals surface area contributed by atoms with E-state index in [1.54, 1.807) is 24.3 Å². The average molecular weight is 287 g/mol. The van der Waals surface area contributed by atoms with Crippen molar-refractivity contribution in [2.75, 3.05) is 25.0 Å². The van der Waals surface area contributed by atoms with Gasteiger partial charge in [0.1, 0.15) is 0 Å². The minimum Gasteiger partial charge on any atom is -0.339 e. The summed E-state index contributed by atoms with van der Waals surface area (Å²) in [5.41, 5.74) is 1.43. The summed E-state index contributed by atoms with van der Waals surface area (Å²) in [5, 5.41) is 6.06. The van der Waals surface area contributed by atoms with Gasteiger partial charge < -0.3 is 15.5 Å². The first-order valence-electron chi connectivity index (χ1n) is 7.67. The molecule has 21 heavy (non-hydrogen) atoms. The minimum absolute atomic E-state index is 0.00567. The standard InChI is InChI=1S/C16H21N3O2/c20-15(14-4-3-9-17-14)18-13-7-5-12(6-8-13)16(21)19-10-1-2-11-19/h5-8,14,17H,1-4,9-11H2,(H,18,20)/t14-/m1/s1. The number of carbonyl (C=O) groups is 2. The van der Waals surface area contributed by atoms with Crippen LogP contribution in [-0.4, -0.2) is 42.4 Å². The summed E-state index contributed by atoms with van der Waals surface area (Å²) >= 11 is 0. The zero-order valence-electron chi connectivity index (χ0n) is 12.1. The lowest BCUT2D eigenvalue weighted by molar-refractivity contribution is -0.117. The number of benzene rings is 1. The quantitative estimate of drug-likeness (QED) is 0.888. The normalized spacial score (nSPS) is 21.5. The van der Waals surface area contributed by atoms with Gasteiger partial charge in [0.25, 0.3) is 5.91 Å². The van der Waals surface area contributed by atoms with Crippen LogP contribution in [0.2, 0.25) is 0 Å². The van der Waals surface area contributed by atoms with Crippen LogP contribution in [-0.2, 0) is 4.79 Å². The molecule has 0 aliphatic carbocycles. The van der Waals surface area contributed by atoms with Gasteiger partial charge in [-0.05, 0) is 56.5 Å². The largest absolute Gasteiger partial charge is 0.339 e. The molecule has 2 fully saturated rings. The maximum Gasteiger partial charge on any atom is 0.253 e. The number of nitrogens with one attached hydrogen (secondary N) is 2. The fourth-order valence-electron chi connectivity index (χ4n) is 2.94. The molecule has 1 atom stereocenters. The second kappa shape index (κ2) is 6.26. The molecule has 0 aromatic heterocycles. The first-order chi connectivity index (χ1) is 10.2. The highest BCUT2D eigenvalue weighted by Gasteiger charge is 2.22. The van der Waals surface area contributed by atoms with Crippen molar-refractivity contribution in [2.24, 2.45) is 0 Å². The summed E-state index contributed by atoms with van der Waals surface area (Å²) in [6.45, 7) is 2.61. The minimum atomic E-state index is -0.0871. The van der Waals surface area contributed by atoms with E-state index in [1.165, 1.54) is 0 Å². The molecule has 1 aromatic carbocycles. The van der Waals surface area contributed by atoms with E-state index in [1.807, 2.05) is 4.90 Å². The Hall–Kier alpha value is -1.88. The lowest BCUT2D eigenvalue weighted by Crippen LogP contribution is -2.35. The average Bonchev–Trinajstić information content (AvgIpc) is 3.20. The number of anilines is 1. The van der Waals surface area contributed by atoms with Crippen molar-refractivity contribution in [1.29, 1.82) is 0 Å². The SMILES string of the molecule is O=C(Nc1ccc(C(=O)N2CCCC2)cc1)[C@H]1CCCN1. The lowest BCUT2D eigenvalue weighted by Gasteiger charge is -2.15. The Bertz CT molecular complexity index is 515. The number of hydrogen-bond acceptors (Lipinski definition) is 3. The summed E-state index contributed by atoms with van der Waals surface area (Å²) in [6.07, 6.45) is 4.11. The van der Waals surface area contributed by atoms with Gasteiger partial charge in [-0.3, -0.25) is 9.59 Å². The molecule has 0 unspecified atom stereocenters. The predicted octanol–water partition coefficient (Wildman–Crippen LogP) is 1.61. The van der Waals surface area contributed by atoms with Crippen LogP contribution in [0.25, 0.3) is 0 Å². The van der Waals surface area contributed by atoms with Crippen LogP contribution in [0, 0.1) is 0 Å². The molecule has 2 aliphatic heterocycles. The zero-order chi connectivity index (χ0) is 14.7. The third-order valence-corrected chi connectivity index (χ3v) is 4.17. The Morgan fingerprint density at radius 3 is 2.43 bits per heavy atom. The number of amides is 2. The van der Waals surface area contributed by atoms with Crippen molar-refractivity contribution >= 4 is 17.5 Å². The molecule has 2 N–H and O–H groups in total. The van der Waals surface area contributed by atoms with E-state index in [4.69, 9.17) is 0 Å². The Morgan fingerprint density at radius 1 is 1.10 bits per heavy atom. The zero-order valence-corrected chi connectivity index (χ0v) is 12.1. The maximum atomic E-state index is 12.2. The molecule has 2 saturated heterocycles. The van der Waals surface area contributed by atoms with Crippen LogP contribution in [0.15, 0.2) is 24.3 Å². The molecule has 2 heterocycles. The number of carbonyl (C=O) groups excluding carboxylic acids is 2. The highest BCUT2D eigenvalue weighted by atomic mass is 16.2. The fourth-order valence-corrected chi connectivity index (χ4v) is 2.94. The highest BCUT2D eigenvalue weighted by molar-refractivity contribution is 5.97. The predicted molar refractivity (Wildman–Crippen MR) is 81.2 cm³/mol. The van der Waals surface area contributed by atoms with Crippen LogP contribution in [0.1, 0.15) is 36.0 Å². The summed E-state index contributed by atoms with van der Waals surface area (Å²) < 4.78 is 0. The third-order valence-electron chi connectivity index (χ3n) is 4.17. The van der Waals surface area contributed by atoms with Gasteiger partial charge in [-0.15, -0.1) is 0 Å². The van der Waals surface area contributed by atoms with E-state index in [0.29, 0.717) is 5.56 Å². The van der Waals surface area contributed by atoms with E-state index >= 15 is 0 Å². The molecule has 2 amide bonds. The Kier molecular flexibility index (Phi) is 4.20. The monoisotopic (exact) mass is 287 g/mol. The summed E-state index contributed by atoms with van der Waals surface area (Å²) in [5.74, 6) is 0.0916. The first kappa shape index (κ1) is 14.1. The molecule has 1 aromatic rings. The van der Waals surface area contributed by atoms with Crippen LogP contribution in [0.5, 0.6) is 0 Å². The molecule has 0 spiro atoms. The van der Waals surface area contributed by atoms with Gasteiger partial charge in [-0.25, -0.2) is 0 Å². The van der Waals surface area contributed by atoms with Gasteiger partial charge in [0, 0.05) is 24.3 Å². The summed E-state index contributed by atoms with van der Waals surface area (Å²) in [7, 11) is 0. The van der Waals surface area contributed by atoms with Gasteiger partial charge in [-0.2, -0.15) is 0 Å². The van der Waals surface area contributed by atoms with Crippen molar-refractivity contribution in [3.8, 4) is 0 Å². The van der Waals surface area contributed by atoms with Crippen LogP contribution in [0.3, 0.4) is 0 Å². The summed E-state index contributed by atoms with van der Waals surface area (Å²) in [4.78, 5) is 26.1. The molecular weight excluding hydrogens is 266 g/mol. The van der Waals surface area contributed by atoms with Crippen molar-refractivity contribution in [1.82, 2.24) is 10.2 Å².